The molecule has 0 aromatic heterocycles. The summed E-state index contributed by atoms with van der Waals surface area (Å²) >= 11 is 0. The van der Waals surface area contributed by atoms with Crippen molar-refractivity contribution in [2.45, 2.75) is 25.1 Å². The molecule has 3 N–H and O–H groups in total. The van der Waals surface area contributed by atoms with Crippen LogP contribution in [0.25, 0.3) is 0 Å². The Balaban J connectivity index is 1.81. The predicted octanol–water partition coefficient (Wildman–Crippen LogP) is 4.25. The minimum absolute atomic E-state index is 0.0743. The lowest BCUT2D eigenvalue weighted by Gasteiger charge is -2.20. The van der Waals surface area contributed by atoms with Gasteiger partial charge in [0.15, 0.2) is 0 Å². The maximum Gasteiger partial charge on any atom is 0.416 e. The van der Waals surface area contributed by atoms with Gasteiger partial charge in [0.1, 0.15) is 11.5 Å². The number of benzene rings is 2. The molecule has 1 aliphatic rings. The number of amides is 2. The molecule has 5 nitrogen and oxygen atoms in total. The predicted molar refractivity (Wildman–Crippen MR) is 82.2 cm³/mol. The van der Waals surface area contributed by atoms with E-state index in [1.54, 1.807) is 18.2 Å². The van der Waals surface area contributed by atoms with Gasteiger partial charge in [-0.3, -0.25) is 5.21 Å². The van der Waals surface area contributed by atoms with Gasteiger partial charge in [-0.2, -0.15) is 18.2 Å². The summed E-state index contributed by atoms with van der Waals surface area (Å²) in [5, 5.41) is 10.2. The number of carbonyl (C=O) groups is 1. The molecule has 2 aromatic rings. The lowest BCUT2D eigenvalue weighted by Crippen LogP contribution is -2.35. The van der Waals surface area contributed by atoms with Crippen molar-refractivity contribution in [3.05, 3.63) is 59.2 Å². The van der Waals surface area contributed by atoms with Crippen LogP contribution in [-0.2, 0) is 12.6 Å². The molecule has 0 radical (unpaired) electrons. The average molecular weight is 352 g/mol. The van der Waals surface area contributed by atoms with Crippen LogP contribution in [0.3, 0.4) is 0 Å². The highest BCUT2D eigenvalue weighted by Crippen LogP contribution is 2.38. The summed E-state index contributed by atoms with van der Waals surface area (Å²) in [5.41, 5.74) is 5.86. The molecular weight excluding hydrogens is 337 g/mol. The van der Waals surface area contributed by atoms with Crippen LogP contribution >= 0.6 is 0 Å². The molecule has 0 saturated carbocycles. The molecule has 3 rings (SSSR count). The quantitative estimate of drug-likeness (QED) is 0.640. The highest BCUT2D eigenvalue weighted by Gasteiger charge is 2.31. The van der Waals surface area contributed by atoms with Crippen LogP contribution in [0.2, 0.25) is 0 Å². The van der Waals surface area contributed by atoms with Crippen LogP contribution in [0.4, 0.5) is 18.0 Å². The second kappa shape index (κ2) is 6.29. The lowest BCUT2D eigenvalue weighted by atomic mass is 10.1. The smallest absolute Gasteiger partial charge is 0.416 e. The molecule has 0 saturated heterocycles. The minimum atomic E-state index is -4.44. The molecule has 0 spiro atoms. The number of ether oxygens (including phenoxy) is 1. The van der Waals surface area contributed by atoms with E-state index in [1.165, 1.54) is 12.1 Å². The number of hydroxylamine groups is 2. The number of nitrogens with two attached hydrogens (primary N) is 1. The Morgan fingerprint density at radius 1 is 1.20 bits per heavy atom. The van der Waals surface area contributed by atoms with Crippen LogP contribution < -0.4 is 10.5 Å². The SMILES string of the molecule is NC(=O)N(O)C1CCc2cc(Oc3cccc(C(F)(F)F)c3)ccc21. The van der Waals surface area contributed by atoms with Crippen molar-refractivity contribution in [1.29, 1.82) is 0 Å². The Morgan fingerprint density at radius 2 is 1.92 bits per heavy atom. The third-order valence-corrected chi connectivity index (χ3v) is 4.08. The van der Waals surface area contributed by atoms with Crippen molar-refractivity contribution in [2.24, 2.45) is 5.73 Å². The standard InChI is InChI=1S/C17H15F3N2O3/c18-17(19,20)11-2-1-3-12(9-11)25-13-5-6-14-10(8-13)4-7-15(14)22(24)16(21)23/h1-3,5-6,8-9,15,24H,4,7H2,(H2,21,23). The number of alkyl halides is 3. The van der Waals surface area contributed by atoms with Gasteiger partial charge in [0.05, 0.1) is 11.6 Å². The van der Waals surface area contributed by atoms with E-state index in [2.05, 4.69) is 0 Å². The number of aryl methyl sites for hydroxylation is 1. The molecule has 0 aliphatic heterocycles. The summed E-state index contributed by atoms with van der Waals surface area (Å²) in [6.07, 6.45) is -3.35. The summed E-state index contributed by atoms with van der Waals surface area (Å²) in [4.78, 5) is 11.1. The number of hydrogen-bond donors (Lipinski definition) is 2. The number of urea groups is 1. The van der Waals surface area contributed by atoms with Crippen molar-refractivity contribution >= 4 is 6.03 Å². The van der Waals surface area contributed by atoms with Crippen LogP contribution in [0.15, 0.2) is 42.5 Å². The van der Waals surface area contributed by atoms with Gasteiger partial charge in [0.25, 0.3) is 0 Å². The topological polar surface area (TPSA) is 75.8 Å². The molecule has 2 aromatic carbocycles. The van der Waals surface area contributed by atoms with Gasteiger partial charge in [-0.15, -0.1) is 0 Å². The van der Waals surface area contributed by atoms with Crippen molar-refractivity contribution in [3.63, 3.8) is 0 Å². The normalized spacial score (nSPS) is 16.4. The van der Waals surface area contributed by atoms with Gasteiger partial charge >= 0.3 is 12.2 Å². The average Bonchev–Trinajstić information content (AvgIpc) is 2.96. The molecule has 132 valence electrons. The molecule has 0 heterocycles. The van der Waals surface area contributed by atoms with E-state index >= 15 is 0 Å². The van der Waals surface area contributed by atoms with Gasteiger partial charge in [0.2, 0.25) is 0 Å². The molecule has 2 amide bonds. The van der Waals surface area contributed by atoms with E-state index in [0.29, 0.717) is 23.7 Å². The second-order valence-electron chi connectivity index (χ2n) is 5.73. The fourth-order valence-electron chi connectivity index (χ4n) is 2.91. The second-order valence-corrected chi connectivity index (χ2v) is 5.73. The monoisotopic (exact) mass is 352 g/mol. The van der Waals surface area contributed by atoms with Crippen LogP contribution in [-0.4, -0.2) is 16.3 Å². The molecule has 1 unspecified atom stereocenters. The zero-order chi connectivity index (χ0) is 18.2. The first-order valence-electron chi connectivity index (χ1n) is 7.51. The Bertz CT molecular complexity index is 808. The van der Waals surface area contributed by atoms with Gasteiger partial charge < -0.3 is 10.5 Å². The number of halogens is 3. The molecule has 0 bridgehead atoms. The Hall–Kier alpha value is -2.74. The maximum atomic E-state index is 12.7. The summed E-state index contributed by atoms with van der Waals surface area (Å²) in [5.74, 6) is 0.451. The zero-order valence-electron chi connectivity index (χ0n) is 13.0. The van der Waals surface area contributed by atoms with E-state index in [1.807, 2.05) is 0 Å². The molecule has 1 aliphatic carbocycles. The summed E-state index contributed by atoms with van der Waals surface area (Å²) in [7, 11) is 0. The minimum Gasteiger partial charge on any atom is -0.457 e. The van der Waals surface area contributed by atoms with Crippen LogP contribution in [0, 0.1) is 0 Å². The highest BCUT2D eigenvalue weighted by atomic mass is 19.4. The van der Waals surface area contributed by atoms with E-state index in [0.717, 1.165) is 23.3 Å². The van der Waals surface area contributed by atoms with Gasteiger partial charge in [-0.1, -0.05) is 12.1 Å². The first kappa shape index (κ1) is 17.1. The van der Waals surface area contributed by atoms with Crippen molar-refractivity contribution in [2.75, 3.05) is 0 Å². The summed E-state index contributed by atoms with van der Waals surface area (Å²) in [6.45, 7) is 0. The van der Waals surface area contributed by atoms with Crippen molar-refractivity contribution < 1.29 is 27.9 Å². The van der Waals surface area contributed by atoms with E-state index in [9.17, 15) is 23.2 Å². The fourth-order valence-corrected chi connectivity index (χ4v) is 2.91. The maximum absolute atomic E-state index is 12.7. The molecule has 1 atom stereocenters. The number of carbonyl (C=O) groups excluding carboxylic acids is 1. The molecular formula is C17H15F3N2O3. The van der Waals surface area contributed by atoms with Crippen LogP contribution in [0.5, 0.6) is 11.5 Å². The number of fused-ring (bicyclic) bond motifs is 1. The van der Waals surface area contributed by atoms with Crippen LogP contribution in [0.1, 0.15) is 29.2 Å². The van der Waals surface area contributed by atoms with Gasteiger partial charge in [-0.05, 0) is 54.3 Å². The Morgan fingerprint density at radius 3 is 2.60 bits per heavy atom. The first-order chi connectivity index (χ1) is 11.8. The Kier molecular flexibility index (Phi) is 4.30. The van der Waals surface area contributed by atoms with Gasteiger partial charge in [-0.25, -0.2) is 4.79 Å². The number of nitrogens with zero attached hydrogens (tertiary/aromatic N) is 1. The zero-order valence-corrected chi connectivity index (χ0v) is 13.0. The molecule has 8 heteroatoms. The van der Waals surface area contributed by atoms with E-state index in [-0.39, 0.29) is 5.75 Å². The van der Waals surface area contributed by atoms with E-state index < -0.39 is 23.8 Å². The van der Waals surface area contributed by atoms with Crippen molar-refractivity contribution in [3.8, 4) is 11.5 Å². The lowest BCUT2D eigenvalue weighted by molar-refractivity contribution is -0.137. The largest absolute Gasteiger partial charge is 0.457 e. The fraction of sp³-hybridized carbons (Fsp3) is 0.235. The first-order valence-corrected chi connectivity index (χ1v) is 7.51. The summed E-state index contributed by atoms with van der Waals surface area (Å²) in [6, 6.07) is 8.07. The third-order valence-electron chi connectivity index (χ3n) is 4.08. The highest BCUT2D eigenvalue weighted by molar-refractivity contribution is 5.71. The number of hydrogen-bond acceptors (Lipinski definition) is 3. The Labute approximate surface area is 141 Å². The molecule has 25 heavy (non-hydrogen) atoms. The molecule has 0 fully saturated rings. The number of rotatable bonds is 3. The summed E-state index contributed by atoms with van der Waals surface area (Å²) < 4.78 is 43.8. The third kappa shape index (κ3) is 3.53. The van der Waals surface area contributed by atoms with Gasteiger partial charge in [0, 0.05) is 0 Å². The van der Waals surface area contributed by atoms with Crippen molar-refractivity contribution in [1.82, 2.24) is 5.06 Å². The number of primary amides is 1. The van der Waals surface area contributed by atoms with E-state index in [4.69, 9.17) is 10.5 Å².